The lowest BCUT2D eigenvalue weighted by Crippen LogP contribution is -2.00. The van der Waals surface area contributed by atoms with Crippen LogP contribution in [0.4, 0.5) is 17.6 Å². The highest BCUT2D eigenvalue weighted by atomic mass is 19.3. The quantitative estimate of drug-likeness (QED) is 0.477. The summed E-state index contributed by atoms with van der Waals surface area (Å²) in [6.45, 7) is 1.08. The molecule has 1 nitrogen and oxygen atoms in total. The first-order valence-electron chi connectivity index (χ1n) is 3.12. The van der Waals surface area contributed by atoms with Crippen LogP contribution in [-0.4, -0.2) is 4.98 Å². The molecule has 0 amide bonds. The van der Waals surface area contributed by atoms with Crippen LogP contribution in [0.15, 0.2) is 6.20 Å². The van der Waals surface area contributed by atoms with Gasteiger partial charge in [-0.05, 0) is 12.5 Å². The second-order valence-electron chi connectivity index (χ2n) is 2.24. The number of alkyl halides is 2. The van der Waals surface area contributed by atoms with E-state index >= 15 is 0 Å². The van der Waals surface area contributed by atoms with Crippen LogP contribution < -0.4 is 0 Å². The highest BCUT2D eigenvalue weighted by Crippen LogP contribution is 2.25. The summed E-state index contributed by atoms with van der Waals surface area (Å²) in [7, 11) is 0. The summed E-state index contributed by atoms with van der Waals surface area (Å²) in [6, 6.07) is 0. The SMILES string of the molecule is Cc1c(F)cnc(F)c1C(F)F. The maximum atomic E-state index is 12.6. The Balaban J connectivity index is 3.33. The second kappa shape index (κ2) is 3.08. The number of pyridine rings is 1. The molecule has 0 saturated carbocycles. The molecule has 1 aromatic heterocycles. The number of aromatic nitrogens is 1. The fourth-order valence-corrected chi connectivity index (χ4v) is 0.817. The number of nitrogens with zero attached hydrogens (tertiary/aromatic N) is 1. The first kappa shape index (κ1) is 8.96. The van der Waals surface area contributed by atoms with E-state index in [1.807, 2.05) is 0 Å². The second-order valence-corrected chi connectivity index (χ2v) is 2.24. The van der Waals surface area contributed by atoms with Crippen molar-refractivity contribution in [2.75, 3.05) is 0 Å². The molecule has 1 rings (SSSR count). The molecule has 0 aliphatic rings. The van der Waals surface area contributed by atoms with Crippen LogP contribution in [0.1, 0.15) is 17.6 Å². The minimum Gasteiger partial charge on any atom is -0.225 e. The zero-order chi connectivity index (χ0) is 9.30. The molecule has 0 radical (unpaired) electrons. The van der Waals surface area contributed by atoms with Crippen molar-refractivity contribution in [3.8, 4) is 0 Å². The summed E-state index contributed by atoms with van der Waals surface area (Å²) in [6.07, 6.45) is -2.45. The summed E-state index contributed by atoms with van der Waals surface area (Å²) in [5.74, 6) is -2.24. The Morgan fingerprint density at radius 1 is 1.33 bits per heavy atom. The van der Waals surface area contributed by atoms with Crippen LogP contribution in [-0.2, 0) is 0 Å². The third-order valence-electron chi connectivity index (χ3n) is 1.49. The van der Waals surface area contributed by atoms with Gasteiger partial charge in [-0.15, -0.1) is 0 Å². The van der Waals surface area contributed by atoms with Crippen molar-refractivity contribution in [3.63, 3.8) is 0 Å². The third kappa shape index (κ3) is 1.39. The van der Waals surface area contributed by atoms with Crippen molar-refractivity contribution < 1.29 is 17.6 Å². The molecule has 0 aliphatic heterocycles. The smallest absolute Gasteiger partial charge is 0.225 e. The molecule has 0 aromatic carbocycles. The number of hydrogen-bond acceptors (Lipinski definition) is 1. The van der Waals surface area contributed by atoms with Gasteiger partial charge in [-0.2, -0.15) is 4.39 Å². The maximum absolute atomic E-state index is 12.6. The number of hydrogen-bond donors (Lipinski definition) is 0. The molecule has 0 saturated heterocycles. The van der Waals surface area contributed by atoms with Crippen molar-refractivity contribution in [2.45, 2.75) is 13.3 Å². The minimum absolute atomic E-state index is 0.391. The largest absolute Gasteiger partial charge is 0.268 e. The van der Waals surface area contributed by atoms with E-state index in [9.17, 15) is 17.6 Å². The van der Waals surface area contributed by atoms with E-state index in [0.29, 0.717) is 6.20 Å². The van der Waals surface area contributed by atoms with Gasteiger partial charge in [-0.25, -0.2) is 18.2 Å². The molecule has 0 N–H and O–H groups in total. The van der Waals surface area contributed by atoms with Gasteiger partial charge in [0, 0.05) is 0 Å². The van der Waals surface area contributed by atoms with E-state index in [1.54, 1.807) is 0 Å². The van der Waals surface area contributed by atoms with Gasteiger partial charge >= 0.3 is 0 Å². The first-order valence-corrected chi connectivity index (χ1v) is 3.12. The Bertz CT molecular complexity index is 298. The molecule has 0 atom stereocenters. The van der Waals surface area contributed by atoms with Crippen LogP contribution in [0.3, 0.4) is 0 Å². The van der Waals surface area contributed by atoms with Crippen LogP contribution in [0.2, 0.25) is 0 Å². The summed E-state index contributed by atoms with van der Waals surface area (Å²) < 4.78 is 49.1. The molecule has 0 bridgehead atoms. The highest BCUT2D eigenvalue weighted by Gasteiger charge is 2.19. The lowest BCUT2D eigenvalue weighted by Gasteiger charge is -2.04. The van der Waals surface area contributed by atoms with Gasteiger partial charge in [0.25, 0.3) is 6.43 Å². The van der Waals surface area contributed by atoms with Gasteiger partial charge < -0.3 is 0 Å². The van der Waals surface area contributed by atoms with E-state index in [0.717, 1.165) is 6.92 Å². The summed E-state index contributed by atoms with van der Waals surface area (Å²) >= 11 is 0. The molecule has 0 fully saturated rings. The Morgan fingerprint density at radius 3 is 2.33 bits per heavy atom. The molecule has 1 aromatic rings. The predicted octanol–water partition coefficient (Wildman–Crippen LogP) is 2.61. The fraction of sp³-hybridized carbons (Fsp3) is 0.286. The van der Waals surface area contributed by atoms with Crippen LogP contribution in [0, 0.1) is 18.7 Å². The molecule has 0 aliphatic carbocycles. The van der Waals surface area contributed by atoms with E-state index in [4.69, 9.17) is 0 Å². The summed E-state index contributed by atoms with van der Waals surface area (Å²) in [5, 5.41) is 0. The van der Waals surface area contributed by atoms with Crippen molar-refractivity contribution in [3.05, 3.63) is 29.1 Å². The Labute approximate surface area is 66.0 Å². The van der Waals surface area contributed by atoms with E-state index in [-0.39, 0.29) is 0 Å². The number of halogens is 4. The Hall–Kier alpha value is -1.13. The molecule has 5 heteroatoms. The molecule has 66 valence electrons. The normalized spacial score (nSPS) is 10.8. The van der Waals surface area contributed by atoms with Gasteiger partial charge in [-0.1, -0.05) is 0 Å². The average molecular weight is 179 g/mol. The van der Waals surface area contributed by atoms with Gasteiger partial charge in [0.15, 0.2) is 0 Å². The highest BCUT2D eigenvalue weighted by molar-refractivity contribution is 5.25. The van der Waals surface area contributed by atoms with Gasteiger partial charge in [0.2, 0.25) is 5.95 Å². The summed E-state index contributed by atoms with van der Waals surface area (Å²) in [5.41, 5.74) is -1.35. The topological polar surface area (TPSA) is 12.9 Å². The first-order chi connectivity index (χ1) is 5.54. The van der Waals surface area contributed by atoms with Crippen molar-refractivity contribution >= 4 is 0 Å². The van der Waals surface area contributed by atoms with Crippen molar-refractivity contribution in [1.82, 2.24) is 4.98 Å². The Kier molecular flexibility index (Phi) is 2.30. The monoisotopic (exact) mass is 179 g/mol. The lowest BCUT2D eigenvalue weighted by molar-refractivity contribution is 0.143. The zero-order valence-electron chi connectivity index (χ0n) is 6.11. The molecule has 0 spiro atoms. The van der Waals surface area contributed by atoms with Gasteiger partial charge in [0.1, 0.15) is 5.82 Å². The lowest BCUT2D eigenvalue weighted by atomic mass is 10.1. The van der Waals surface area contributed by atoms with Gasteiger partial charge in [0.05, 0.1) is 11.8 Å². The molecular formula is C7H5F4N. The van der Waals surface area contributed by atoms with Crippen molar-refractivity contribution in [1.29, 1.82) is 0 Å². The maximum Gasteiger partial charge on any atom is 0.268 e. The molecule has 1 heterocycles. The predicted molar refractivity (Wildman–Crippen MR) is 33.8 cm³/mol. The fourth-order valence-electron chi connectivity index (χ4n) is 0.817. The van der Waals surface area contributed by atoms with E-state index < -0.39 is 29.3 Å². The van der Waals surface area contributed by atoms with Crippen LogP contribution in [0.25, 0.3) is 0 Å². The zero-order valence-corrected chi connectivity index (χ0v) is 6.11. The average Bonchev–Trinajstić information content (AvgIpc) is 1.97. The van der Waals surface area contributed by atoms with Crippen molar-refractivity contribution in [2.24, 2.45) is 0 Å². The van der Waals surface area contributed by atoms with Crippen LogP contribution in [0.5, 0.6) is 0 Å². The standard InChI is InChI=1S/C7H5F4N/c1-3-4(8)2-12-7(11)5(3)6(9)10/h2,6H,1H3. The van der Waals surface area contributed by atoms with E-state index in [1.165, 1.54) is 0 Å². The summed E-state index contributed by atoms with van der Waals surface area (Å²) in [4.78, 5) is 2.84. The molecule has 0 unspecified atom stereocenters. The number of rotatable bonds is 1. The van der Waals surface area contributed by atoms with Gasteiger partial charge in [-0.3, -0.25) is 0 Å². The van der Waals surface area contributed by atoms with Crippen LogP contribution >= 0.6 is 0 Å². The minimum atomic E-state index is -3.03. The Morgan fingerprint density at radius 2 is 1.92 bits per heavy atom. The van der Waals surface area contributed by atoms with E-state index in [2.05, 4.69) is 4.98 Å². The molecular weight excluding hydrogens is 174 g/mol. The third-order valence-corrected chi connectivity index (χ3v) is 1.49. The molecule has 12 heavy (non-hydrogen) atoms.